The van der Waals surface area contributed by atoms with Gasteiger partial charge >= 0.3 is 5.69 Å². The molecule has 0 bridgehead atoms. The predicted molar refractivity (Wildman–Crippen MR) is 136 cm³/mol. The van der Waals surface area contributed by atoms with Gasteiger partial charge in [-0.15, -0.1) is 0 Å². The molecule has 0 spiro atoms. The van der Waals surface area contributed by atoms with Crippen LogP contribution in [0.3, 0.4) is 0 Å². The van der Waals surface area contributed by atoms with Crippen LogP contribution in [-0.4, -0.2) is 31.8 Å². The number of fused-ring (bicyclic) bond motifs is 1. The Labute approximate surface area is 203 Å². The summed E-state index contributed by atoms with van der Waals surface area (Å²) in [5.74, 6) is 2.04. The minimum Gasteiger partial charge on any atom is -0.287 e. The fourth-order valence-corrected chi connectivity index (χ4v) is 7.74. The summed E-state index contributed by atoms with van der Waals surface area (Å²) in [5, 5.41) is 1.97. The first-order chi connectivity index (χ1) is 16.1. The van der Waals surface area contributed by atoms with Crippen molar-refractivity contribution in [3.05, 3.63) is 29.0 Å². The second kappa shape index (κ2) is 7.94. The average Bonchev–Trinajstić information content (AvgIpc) is 2.98. The molecule has 7 nitrogen and oxygen atoms in total. The first kappa shape index (κ1) is 23.6. The zero-order valence-corrected chi connectivity index (χ0v) is 21.9. The van der Waals surface area contributed by atoms with Crippen LogP contribution in [-0.2, 0) is 18.4 Å². The number of hydrogen-bond acceptors (Lipinski definition) is 5. The molecule has 0 aromatic carbocycles. The highest BCUT2D eigenvalue weighted by Gasteiger charge is 2.54. The van der Waals surface area contributed by atoms with Gasteiger partial charge in [0.1, 0.15) is 11.8 Å². The van der Waals surface area contributed by atoms with Gasteiger partial charge in [-0.2, -0.15) is 0 Å². The fraction of sp³-hybridized carbons (Fsp3) is 0.741. The molecule has 0 saturated heterocycles. The zero-order chi connectivity index (χ0) is 24.5. The van der Waals surface area contributed by atoms with Crippen molar-refractivity contribution in [1.29, 1.82) is 0 Å². The van der Waals surface area contributed by atoms with Gasteiger partial charge in [-0.1, -0.05) is 32.9 Å². The summed E-state index contributed by atoms with van der Waals surface area (Å²) >= 11 is 0. The van der Waals surface area contributed by atoms with Crippen molar-refractivity contribution in [2.45, 2.75) is 91.1 Å². The number of anilines is 1. The monoisotopic (exact) mass is 467 g/mol. The van der Waals surface area contributed by atoms with Gasteiger partial charge in [-0.25, -0.2) is 19.8 Å². The minimum absolute atomic E-state index is 0.0404. The number of hydroxylamine groups is 1. The number of allylic oxidation sites excluding steroid dienone is 1. The molecule has 5 rings (SSSR count). The number of aryl methyl sites for hydroxylation is 2. The molecule has 2 fully saturated rings. The number of aromatic nitrogens is 4. The normalized spacial score (nSPS) is 35.9. The van der Waals surface area contributed by atoms with Crippen LogP contribution in [0.25, 0.3) is 11.2 Å². The maximum Gasteiger partial charge on any atom is 0.330 e. The van der Waals surface area contributed by atoms with Gasteiger partial charge in [0.25, 0.3) is 0 Å². The van der Waals surface area contributed by atoms with Crippen molar-refractivity contribution in [2.75, 3.05) is 12.2 Å². The Morgan fingerprint density at radius 2 is 1.94 bits per heavy atom. The lowest BCUT2D eigenvalue weighted by atomic mass is 9.46. The van der Waals surface area contributed by atoms with Crippen molar-refractivity contribution in [1.82, 2.24) is 19.1 Å². The van der Waals surface area contributed by atoms with E-state index in [1.807, 2.05) is 9.63 Å². The summed E-state index contributed by atoms with van der Waals surface area (Å²) in [4.78, 5) is 28.0. The highest BCUT2D eigenvalue weighted by atomic mass is 16.7. The Morgan fingerprint density at radius 1 is 1.18 bits per heavy atom. The summed E-state index contributed by atoms with van der Waals surface area (Å²) in [6.45, 7) is 14.9. The van der Waals surface area contributed by atoms with E-state index in [0.717, 1.165) is 24.8 Å². The van der Waals surface area contributed by atoms with E-state index in [2.05, 4.69) is 44.2 Å². The fourth-order valence-electron chi connectivity index (χ4n) is 7.74. The lowest BCUT2D eigenvalue weighted by Gasteiger charge is -2.59. The third-order valence-corrected chi connectivity index (χ3v) is 10.4. The molecule has 34 heavy (non-hydrogen) atoms. The van der Waals surface area contributed by atoms with Crippen LogP contribution in [0.15, 0.2) is 23.3 Å². The van der Waals surface area contributed by atoms with Gasteiger partial charge in [0.15, 0.2) is 11.5 Å². The molecule has 1 aliphatic heterocycles. The largest absolute Gasteiger partial charge is 0.330 e. The van der Waals surface area contributed by atoms with Crippen molar-refractivity contribution < 1.29 is 4.84 Å². The molecule has 0 N–H and O–H groups in total. The molecule has 5 atom stereocenters. The van der Waals surface area contributed by atoms with Gasteiger partial charge in [0.2, 0.25) is 0 Å². The van der Waals surface area contributed by atoms with E-state index < -0.39 is 0 Å². The molecule has 2 aromatic rings. The van der Waals surface area contributed by atoms with Crippen LogP contribution in [0.5, 0.6) is 0 Å². The maximum atomic E-state index is 13.0. The van der Waals surface area contributed by atoms with Crippen LogP contribution in [0.1, 0.15) is 79.1 Å². The van der Waals surface area contributed by atoms with Gasteiger partial charge in [-0.3, -0.25) is 14.0 Å². The Morgan fingerprint density at radius 3 is 2.68 bits per heavy atom. The van der Waals surface area contributed by atoms with E-state index in [4.69, 9.17) is 4.84 Å². The minimum atomic E-state index is -0.275. The highest BCUT2D eigenvalue weighted by molar-refractivity contribution is 5.84. The number of nitrogens with zero attached hydrogens (tertiary/aromatic N) is 5. The zero-order valence-electron chi connectivity index (χ0n) is 21.9. The van der Waals surface area contributed by atoms with Crippen LogP contribution in [0.4, 0.5) is 5.82 Å². The molecule has 0 radical (unpaired) electrons. The molecule has 186 valence electrons. The molecule has 3 aliphatic rings. The van der Waals surface area contributed by atoms with Crippen molar-refractivity contribution in [3.63, 3.8) is 0 Å². The first-order valence-corrected chi connectivity index (χ1v) is 13.0. The van der Waals surface area contributed by atoms with E-state index >= 15 is 0 Å². The van der Waals surface area contributed by atoms with Gasteiger partial charge in [-0.05, 0) is 81.0 Å². The molecular formula is C27H41N5O2. The van der Waals surface area contributed by atoms with Crippen molar-refractivity contribution >= 4 is 17.0 Å². The van der Waals surface area contributed by atoms with Crippen LogP contribution in [0.2, 0.25) is 0 Å². The number of hydrogen-bond donors (Lipinski definition) is 0. The third-order valence-electron chi connectivity index (χ3n) is 10.4. The smallest absolute Gasteiger partial charge is 0.287 e. The molecule has 0 amide bonds. The number of imidazole rings is 1. The van der Waals surface area contributed by atoms with Crippen molar-refractivity contribution in [2.24, 2.45) is 29.7 Å². The molecule has 0 unspecified atom stereocenters. The Hall–Kier alpha value is -2.15. The molecule has 2 aliphatic carbocycles. The topological polar surface area (TPSA) is 65.2 Å². The quantitative estimate of drug-likeness (QED) is 0.576. The average molecular weight is 468 g/mol. The molecule has 7 heteroatoms. The van der Waals surface area contributed by atoms with E-state index in [-0.39, 0.29) is 22.1 Å². The second-order valence-corrected chi connectivity index (χ2v) is 12.0. The van der Waals surface area contributed by atoms with Crippen LogP contribution < -0.4 is 10.8 Å². The summed E-state index contributed by atoms with van der Waals surface area (Å²) in [6, 6.07) is 0. The number of rotatable bonds is 4. The third kappa shape index (κ3) is 3.15. The lowest BCUT2D eigenvalue weighted by molar-refractivity contribution is -0.0613. The Bertz CT molecular complexity index is 1180. The molecule has 2 saturated carbocycles. The van der Waals surface area contributed by atoms with E-state index in [9.17, 15) is 4.79 Å². The van der Waals surface area contributed by atoms with Gasteiger partial charge in [0, 0.05) is 13.6 Å². The second-order valence-electron chi connectivity index (χ2n) is 12.0. The van der Waals surface area contributed by atoms with E-state index in [0.29, 0.717) is 29.8 Å². The standard InChI is InChI=1S/C27H41N5O2/c1-18-9-8-10-20-26(18,4)12-11-19(2)27(20,5)14-13-25(3)15-16-31-21-22(30(6)24(31)33)28-17-29-23(21)32(25)34-7/h17,19-20H,1,8-16H2,2-7H3/t19-,20+,25+,26+,27+/m1/s1. The first-order valence-electron chi connectivity index (χ1n) is 13.0. The summed E-state index contributed by atoms with van der Waals surface area (Å²) < 4.78 is 3.44. The molecule has 3 heterocycles. The summed E-state index contributed by atoms with van der Waals surface area (Å²) in [6.07, 6.45) is 10.8. The van der Waals surface area contributed by atoms with Crippen LogP contribution in [0, 0.1) is 22.7 Å². The SMILES string of the molecule is C=C1CCC[C@@H]2[C@@](C)(CC[C@@]3(C)CCn4c(=O)n(C)c5ncnc(c54)N3OC)[C@H](C)CC[C@@]12C. The summed E-state index contributed by atoms with van der Waals surface area (Å²) in [7, 11) is 3.49. The lowest BCUT2D eigenvalue weighted by Crippen LogP contribution is -2.52. The molecular weight excluding hydrogens is 426 g/mol. The van der Waals surface area contributed by atoms with Crippen molar-refractivity contribution in [3.8, 4) is 0 Å². The van der Waals surface area contributed by atoms with Gasteiger partial charge in [0.05, 0.1) is 12.6 Å². The predicted octanol–water partition coefficient (Wildman–Crippen LogP) is 5.24. The highest BCUT2D eigenvalue weighted by Crippen LogP contribution is 2.63. The summed E-state index contributed by atoms with van der Waals surface area (Å²) in [5.41, 5.74) is 3.09. The molecule has 2 aromatic heterocycles. The van der Waals surface area contributed by atoms with E-state index in [1.54, 1.807) is 25.1 Å². The van der Waals surface area contributed by atoms with Gasteiger partial charge < -0.3 is 0 Å². The Balaban J connectivity index is 1.50. The maximum absolute atomic E-state index is 13.0. The van der Waals surface area contributed by atoms with E-state index in [1.165, 1.54) is 37.7 Å². The Kier molecular flexibility index (Phi) is 5.51. The van der Waals surface area contributed by atoms with Crippen LogP contribution >= 0.6 is 0 Å².